The first-order valence-electron chi connectivity index (χ1n) is 6.91. The van der Waals surface area contributed by atoms with E-state index in [1.54, 1.807) is 22.5 Å². The van der Waals surface area contributed by atoms with Crippen molar-refractivity contribution in [3.63, 3.8) is 0 Å². The first-order valence-corrected chi connectivity index (χ1v) is 9.15. The van der Waals surface area contributed by atoms with E-state index in [2.05, 4.69) is 15.9 Å². The fourth-order valence-electron chi connectivity index (χ4n) is 3.39. The first-order chi connectivity index (χ1) is 9.39. The SMILES string of the molecule is Cc1cc(S(=O)(=O)N2CC3CCC(N)C3C2)ccc1Br.Cl. The summed E-state index contributed by atoms with van der Waals surface area (Å²) >= 11 is 3.40. The van der Waals surface area contributed by atoms with Crippen molar-refractivity contribution in [2.45, 2.75) is 30.7 Å². The Morgan fingerprint density at radius 1 is 1.29 bits per heavy atom. The summed E-state index contributed by atoms with van der Waals surface area (Å²) in [6, 6.07) is 5.35. The lowest BCUT2D eigenvalue weighted by molar-refractivity contribution is 0.427. The van der Waals surface area contributed by atoms with Gasteiger partial charge in [0, 0.05) is 23.6 Å². The molecule has 2 fully saturated rings. The second-order valence-electron chi connectivity index (χ2n) is 5.90. The van der Waals surface area contributed by atoms with Gasteiger partial charge in [-0.1, -0.05) is 15.9 Å². The van der Waals surface area contributed by atoms with Crippen LogP contribution in [0.4, 0.5) is 0 Å². The Morgan fingerprint density at radius 2 is 2.00 bits per heavy atom. The van der Waals surface area contributed by atoms with Crippen molar-refractivity contribution in [3.05, 3.63) is 28.2 Å². The highest BCUT2D eigenvalue weighted by Crippen LogP contribution is 2.39. The number of halogens is 2. The first kappa shape index (κ1) is 17.2. The smallest absolute Gasteiger partial charge is 0.243 e. The van der Waals surface area contributed by atoms with Crippen molar-refractivity contribution in [2.75, 3.05) is 13.1 Å². The zero-order chi connectivity index (χ0) is 14.5. The van der Waals surface area contributed by atoms with Crippen LogP contribution in [0, 0.1) is 18.8 Å². The minimum atomic E-state index is -3.39. The van der Waals surface area contributed by atoms with Crippen LogP contribution in [-0.4, -0.2) is 31.9 Å². The lowest BCUT2D eigenvalue weighted by atomic mass is 9.98. The van der Waals surface area contributed by atoms with Crippen LogP contribution in [0.25, 0.3) is 0 Å². The van der Waals surface area contributed by atoms with Crippen LogP contribution in [0.2, 0.25) is 0 Å². The molecule has 0 radical (unpaired) electrons. The van der Waals surface area contributed by atoms with Crippen molar-refractivity contribution >= 4 is 38.4 Å². The van der Waals surface area contributed by atoms with Crippen LogP contribution in [0.15, 0.2) is 27.6 Å². The Kier molecular flexibility index (Phi) is 5.05. The number of rotatable bonds is 2. The number of hydrogen-bond acceptors (Lipinski definition) is 3. The molecule has 3 unspecified atom stereocenters. The van der Waals surface area contributed by atoms with Crippen LogP contribution in [0.5, 0.6) is 0 Å². The fraction of sp³-hybridized carbons (Fsp3) is 0.571. The number of nitrogens with zero attached hydrogens (tertiary/aromatic N) is 1. The zero-order valence-electron chi connectivity index (χ0n) is 11.8. The molecule has 0 aromatic heterocycles. The van der Waals surface area contributed by atoms with E-state index in [0.29, 0.717) is 29.8 Å². The van der Waals surface area contributed by atoms with Crippen molar-refractivity contribution in [2.24, 2.45) is 17.6 Å². The van der Waals surface area contributed by atoms with Gasteiger partial charge in [-0.2, -0.15) is 4.31 Å². The number of nitrogens with two attached hydrogens (primary N) is 1. The van der Waals surface area contributed by atoms with E-state index in [1.807, 2.05) is 6.92 Å². The van der Waals surface area contributed by atoms with Gasteiger partial charge in [-0.25, -0.2) is 8.42 Å². The molecule has 7 heteroatoms. The maximum absolute atomic E-state index is 12.7. The molecule has 21 heavy (non-hydrogen) atoms. The number of hydrogen-bond donors (Lipinski definition) is 1. The quantitative estimate of drug-likeness (QED) is 0.837. The lowest BCUT2D eigenvalue weighted by Gasteiger charge is -2.19. The maximum Gasteiger partial charge on any atom is 0.243 e. The molecule has 3 atom stereocenters. The Labute approximate surface area is 140 Å². The van der Waals surface area contributed by atoms with Gasteiger partial charge in [-0.05, 0) is 55.4 Å². The molecule has 1 saturated carbocycles. The Morgan fingerprint density at radius 3 is 2.62 bits per heavy atom. The highest BCUT2D eigenvalue weighted by Gasteiger charge is 2.45. The Hall–Kier alpha value is -0.140. The van der Waals surface area contributed by atoms with E-state index < -0.39 is 10.0 Å². The number of benzene rings is 1. The lowest BCUT2D eigenvalue weighted by Crippen LogP contribution is -2.33. The van der Waals surface area contributed by atoms with E-state index in [9.17, 15) is 8.42 Å². The van der Waals surface area contributed by atoms with E-state index in [4.69, 9.17) is 5.73 Å². The van der Waals surface area contributed by atoms with Crippen LogP contribution < -0.4 is 5.73 Å². The largest absolute Gasteiger partial charge is 0.327 e. The van der Waals surface area contributed by atoms with E-state index >= 15 is 0 Å². The summed E-state index contributed by atoms with van der Waals surface area (Å²) in [5, 5.41) is 0. The average molecular weight is 396 g/mol. The molecule has 2 N–H and O–H groups in total. The van der Waals surface area contributed by atoms with E-state index in [1.165, 1.54) is 0 Å². The molecule has 1 heterocycles. The van der Waals surface area contributed by atoms with Crippen LogP contribution in [0.3, 0.4) is 0 Å². The minimum Gasteiger partial charge on any atom is -0.327 e. The molecule has 0 bridgehead atoms. The van der Waals surface area contributed by atoms with Gasteiger partial charge in [0.1, 0.15) is 0 Å². The summed E-state index contributed by atoms with van der Waals surface area (Å²) in [4.78, 5) is 0.381. The van der Waals surface area contributed by atoms with Crippen molar-refractivity contribution in [3.8, 4) is 0 Å². The summed E-state index contributed by atoms with van der Waals surface area (Å²) in [6.45, 7) is 3.09. The number of sulfonamides is 1. The summed E-state index contributed by atoms with van der Waals surface area (Å²) in [7, 11) is -3.39. The second-order valence-corrected chi connectivity index (χ2v) is 8.69. The Bertz CT molecular complexity index is 638. The van der Waals surface area contributed by atoms with Crippen LogP contribution >= 0.6 is 28.3 Å². The maximum atomic E-state index is 12.7. The molecule has 1 aliphatic carbocycles. The predicted molar refractivity (Wildman–Crippen MR) is 89.1 cm³/mol. The van der Waals surface area contributed by atoms with Gasteiger partial charge < -0.3 is 5.73 Å². The van der Waals surface area contributed by atoms with E-state index in [0.717, 1.165) is 22.9 Å². The van der Waals surface area contributed by atoms with Gasteiger partial charge in [0.25, 0.3) is 0 Å². The van der Waals surface area contributed by atoms with Crippen molar-refractivity contribution < 1.29 is 8.42 Å². The molecule has 4 nitrogen and oxygen atoms in total. The van der Waals surface area contributed by atoms with Gasteiger partial charge >= 0.3 is 0 Å². The predicted octanol–water partition coefficient (Wildman–Crippen LogP) is 2.54. The van der Waals surface area contributed by atoms with E-state index in [-0.39, 0.29) is 18.4 Å². The molecule has 118 valence electrons. The third kappa shape index (κ3) is 3.01. The second kappa shape index (κ2) is 6.16. The van der Waals surface area contributed by atoms with Gasteiger partial charge in [-0.15, -0.1) is 12.4 Å². The standard InChI is InChI=1S/C14H19BrN2O2S.ClH/c1-9-6-11(3-4-13(9)15)20(18,19)17-7-10-2-5-14(16)12(10)8-17;/h3-4,6,10,12,14H,2,5,7-8,16H2,1H3;1H. The van der Waals surface area contributed by atoms with Crippen LogP contribution in [0.1, 0.15) is 18.4 Å². The topological polar surface area (TPSA) is 63.4 Å². The van der Waals surface area contributed by atoms with Gasteiger partial charge in [0.2, 0.25) is 10.0 Å². The van der Waals surface area contributed by atoms with Crippen molar-refractivity contribution in [1.29, 1.82) is 0 Å². The molecular formula is C14H20BrClN2O2S. The van der Waals surface area contributed by atoms with Gasteiger partial charge in [0.05, 0.1) is 4.90 Å². The number of fused-ring (bicyclic) bond motifs is 1. The highest BCUT2D eigenvalue weighted by molar-refractivity contribution is 9.10. The average Bonchev–Trinajstić information content (AvgIpc) is 2.96. The van der Waals surface area contributed by atoms with Crippen LogP contribution in [-0.2, 0) is 10.0 Å². The molecule has 1 aliphatic heterocycles. The monoisotopic (exact) mass is 394 g/mol. The molecule has 1 saturated heterocycles. The third-order valence-electron chi connectivity index (χ3n) is 4.65. The Balaban J connectivity index is 0.00000161. The number of aryl methyl sites for hydroxylation is 1. The summed E-state index contributed by atoms with van der Waals surface area (Å²) in [6.07, 6.45) is 2.08. The minimum absolute atomic E-state index is 0. The van der Waals surface area contributed by atoms with Gasteiger partial charge in [0.15, 0.2) is 0 Å². The molecular weight excluding hydrogens is 376 g/mol. The zero-order valence-corrected chi connectivity index (χ0v) is 15.0. The normalized spacial score (nSPS) is 29.2. The molecule has 0 amide bonds. The summed E-state index contributed by atoms with van der Waals surface area (Å²) in [5.74, 6) is 0.776. The van der Waals surface area contributed by atoms with Crippen molar-refractivity contribution in [1.82, 2.24) is 4.31 Å². The summed E-state index contributed by atoms with van der Waals surface area (Å²) in [5.41, 5.74) is 7.01. The molecule has 3 rings (SSSR count). The third-order valence-corrected chi connectivity index (χ3v) is 7.36. The molecule has 1 aromatic rings. The highest BCUT2D eigenvalue weighted by atomic mass is 79.9. The fourth-order valence-corrected chi connectivity index (χ4v) is 5.26. The molecule has 2 aliphatic rings. The molecule has 1 aromatic carbocycles. The van der Waals surface area contributed by atoms with Gasteiger partial charge in [-0.3, -0.25) is 0 Å². The summed E-state index contributed by atoms with van der Waals surface area (Å²) < 4.78 is 28.0. The molecule has 0 spiro atoms.